The van der Waals surface area contributed by atoms with Crippen LogP contribution in [0.15, 0.2) is 0 Å². The fourth-order valence-corrected chi connectivity index (χ4v) is 3.01. The quantitative estimate of drug-likeness (QED) is 0.388. The minimum Gasteiger partial charge on any atom is -0.305 e. The zero-order chi connectivity index (χ0) is 19.9. The lowest BCUT2D eigenvalue weighted by atomic mass is 10.1. The van der Waals surface area contributed by atoms with Crippen LogP contribution in [0.3, 0.4) is 0 Å². The smallest absolute Gasteiger partial charge is 0.0107 e. The molecule has 0 heterocycles. The predicted octanol–water partition coefficient (Wildman–Crippen LogP) is 3.59. The van der Waals surface area contributed by atoms with Gasteiger partial charge >= 0.3 is 0 Å². The lowest BCUT2D eigenvalue weighted by Crippen LogP contribution is -2.38. The van der Waals surface area contributed by atoms with Crippen LogP contribution in [0.2, 0.25) is 0 Å². The van der Waals surface area contributed by atoms with E-state index in [1.54, 1.807) is 0 Å². The van der Waals surface area contributed by atoms with E-state index >= 15 is 0 Å². The van der Waals surface area contributed by atoms with E-state index in [4.69, 9.17) is 0 Å². The van der Waals surface area contributed by atoms with E-state index in [0.717, 1.165) is 24.9 Å². The predicted molar refractivity (Wildman–Crippen MR) is 118 cm³/mol. The maximum atomic E-state index is 2.48. The van der Waals surface area contributed by atoms with Crippen LogP contribution < -0.4 is 0 Å². The normalized spacial score (nSPS) is 12.7. The van der Waals surface area contributed by atoms with E-state index in [9.17, 15) is 0 Å². The molecule has 0 N–H and O–H groups in total. The Bertz CT molecular complexity index is 277. The monoisotopic (exact) mass is 370 g/mol. The second-order valence-electron chi connectivity index (χ2n) is 9.29. The van der Waals surface area contributed by atoms with E-state index in [0.29, 0.717) is 0 Å². The van der Waals surface area contributed by atoms with E-state index in [2.05, 4.69) is 75.5 Å². The molecule has 158 valence electrons. The Morgan fingerprint density at radius 1 is 0.423 bits per heavy atom. The maximum Gasteiger partial charge on any atom is 0.0107 e. The van der Waals surface area contributed by atoms with Crippen LogP contribution in [-0.2, 0) is 0 Å². The summed E-state index contributed by atoms with van der Waals surface area (Å²) in [7, 11) is 9.03. The number of hydrogen-bond acceptors (Lipinski definition) is 4. The Hall–Kier alpha value is -0.160. The summed E-state index contributed by atoms with van der Waals surface area (Å²) in [5, 5.41) is 0. The van der Waals surface area contributed by atoms with Gasteiger partial charge in [-0.3, -0.25) is 0 Å². The Balaban J connectivity index is 3.66. The summed E-state index contributed by atoms with van der Waals surface area (Å²) in [5.41, 5.74) is 0. The van der Waals surface area contributed by atoms with E-state index in [1.165, 1.54) is 65.0 Å². The summed E-state index contributed by atoms with van der Waals surface area (Å²) in [6, 6.07) is 0. The number of rotatable bonds is 17. The molecule has 4 heteroatoms. The number of likely N-dealkylation sites (N-methyl/N-ethyl adjacent to an activating group) is 4. The Kier molecular flexibility index (Phi) is 15.8. The fourth-order valence-electron chi connectivity index (χ4n) is 3.01. The summed E-state index contributed by atoms with van der Waals surface area (Å²) in [6.07, 6.45) is 5.34. The Labute approximate surface area is 165 Å². The van der Waals surface area contributed by atoms with Crippen molar-refractivity contribution in [1.82, 2.24) is 19.6 Å². The zero-order valence-corrected chi connectivity index (χ0v) is 19.4. The summed E-state index contributed by atoms with van der Waals surface area (Å²) < 4.78 is 0. The molecule has 0 unspecified atom stereocenters. The van der Waals surface area contributed by atoms with Crippen molar-refractivity contribution in [3.05, 3.63) is 0 Å². The van der Waals surface area contributed by atoms with Crippen LogP contribution in [0.5, 0.6) is 0 Å². The number of nitrogens with zero attached hydrogens (tertiary/aromatic N) is 4. The lowest BCUT2D eigenvalue weighted by molar-refractivity contribution is 0.208. The molecule has 0 aromatic heterocycles. The molecule has 0 radical (unpaired) electrons. The van der Waals surface area contributed by atoms with Crippen molar-refractivity contribution >= 4 is 0 Å². The van der Waals surface area contributed by atoms with Crippen molar-refractivity contribution in [3.8, 4) is 0 Å². The molecule has 4 nitrogen and oxygen atoms in total. The highest BCUT2D eigenvalue weighted by atomic mass is 15.2. The largest absolute Gasteiger partial charge is 0.305 e. The third kappa shape index (κ3) is 17.3. The second kappa shape index (κ2) is 15.9. The van der Waals surface area contributed by atoms with Crippen LogP contribution in [0.1, 0.15) is 53.4 Å². The minimum atomic E-state index is 0.830. The summed E-state index contributed by atoms with van der Waals surface area (Å²) in [6.45, 7) is 18.7. The lowest BCUT2D eigenvalue weighted by Gasteiger charge is -2.26. The average molecular weight is 371 g/mol. The van der Waals surface area contributed by atoms with E-state index in [-0.39, 0.29) is 0 Å². The van der Waals surface area contributed by atoms with Gasteiger partial charge in [0.15, 0.2) is 0 Å². The zero-order valence-electron chi connectivity index (χ0n) is 19.4. The molecule has 0 aromatic rings. The molecule has 0 rings (SSSR count). The molecule has 0 aliphatic carbocycles. The van der Waals surface area contributed by atoms with Crippen LogP contribution in [-0.4, -0.2) is 100 Å². The first-order valence-corrected chi connectivity index (χ1v) is 10.9. The van der Waals surface area contributed by atoms with Crippen molar-refractivity contribution < 1.29 is 0 Å². The van der Waals surface area contributed by atoms with Gasteiger partial charge in [-0.2, -0.15) is 0 Å². The molecule has 0 amide bonds. The topological polar surface area (TPSA) is 13.0 Å². The Morgan fingerprint density at radius 3 is 0.885 bits per heavy atom. The standard InChI is InChI=1S/C22H50N4/c1-21(2)11-9-13-23(5)15-17-25(7)19-20-26(8)18-16-24(6)14-10-12-22(3)4/h21-22H,9-20H2,1-8H3. The SMILES string of the molecule is CC(C)CCCN(C)CCN(C)CCN(C)CCN(C)CCCC(C)C. The molecule has 0 saturated carbocycles. The summed E-state index contributed by atoms with van der Waals surface area (Å²) in [5.74, 6) is 1.66. The molecule has 0 fully saturated rings. The van der Waals surface area contributed by atoms with Gasteiger partial charge in [-0.25, -0.2) is 0 Å². The fraction of sp³-hybridized carbons (Fsp3) is 1.00. The van der Waals surface area contributed by atoms with Gasteiger partial charge in [0.1, 0.15) is 0 Å². The highest BCUT2D eigenvalue weighted by Crippen LogP contribution is 2.05. The van der Waals surface area contributed by atoms with Crippen molar-refractivity contribution in [2.45, 2.75) is 53.4 Å². The highest BCUT2D eigenvalue weighted by Gasteiger charge is 2.06. The minimum absolute atomic E-state index is 0.830. The first-order chi connectivity index (χ1) is 12.2. The molecule has 0 bridgehead atoms. The molecule has 0 saturated heterocycles. The second-order valence-corrected chi connectivity index (χ2v) is 9.29. The summed E-state index contributed by atoms with van der Waals surface area (Å²) >= 11 is 0. The third-order valence-electron chi connectivity index (χ3n) is 5.23. The van der Waals surface area contributed by atoms with Gasteiger partial charge in [0.25, 0.3) is 0 Å². The molecule has 0 aromatic carbocycles. The van der Waals surface area contributed by atoms with Crippen molar-refractivity contribution in [3.63, 3.8) is 0 Å². The van der Waals surface area contributed by atoms with Crippen LogP contribution >= 0.6 is 0 Å². The van der Waals surface area contributed by atoms with Gasteiger partial charge < -0.3 is 19.6 Å². The first-order valence-electron chi connectivity index (χ1n) is 10.9. The van der Waals surface area contributed by atoms with Gasteiger partial charge in [-0.05, 0) is 78.8 Å². The van der Waals surface area contributed by atoms with E-state index in [1.807, 2.05) is 0 Å². The van der Waals surface area contributed by atoms with Crippen LogP contribution in [0.25, 0.3) is 0 Å². The third-order valence-corrected chi connectivity index (χ3v) is 5.23. The van der Waals surface area contributed by atoms with Gasteiger partial charge in [-0.1, -0.05) is 27.7 Å². The van der Waals surface area contributed by atoms with Crippen molar-refractivity contribution in [2.24, 2.45) is 11.8 Å². The Morgan fingerprint density at radius 2 is 0.654 bits per heavy atom. The molecule has 0 aliphatic heterocycles. The van der Waals surface area contributed by atoms with Gasteiger partial charge in [-0.15, -0.1) is 0 Å². The molecule has 0 spiro atoms. The van der Waals surface area contributed by atoms with E-state index < -0.39 is 0 Å². The molecular weight excluding hydrogens is 320 g/mol. The highest BCUT2D eigenvalue weighted by molar-refractivity contribution is 4.63. The maximum absolute atomic E-state index is 2.48. The average Bonchev–Trinajstić information content (AvgIpc) is 2.55. The van der Waals surface area contributed by atoms with Gasteiger partial charge in [0, 0.05) is 39.3 Å². The summed E-state index contributed by atoms with van der Waals surface area (Å²) in [4.78, 5) is 9.91. The van der Waals surface area contributed by atoms with Crippen LogP contribution in [0, 0.1) is 11.8 Å². The molecule has 0 atom stereocenters. The van der Waals surface area contributed by atoms with Crippen LogP contribution in [0.4, 0.5) is 0 Å². The number of hydrogen-bond donors (Lipinski definition) is 0. The molecule has 26 heavy (non-hydrogen) atoms. The van der Waals surface area contributed by atoms with Crippen molar-refractivity contribution in [2.75, 3.05) is 80.5 Å². The van der Waals surface area contributed by atoms with Gasteiger partial charge in [0.05, 0.1) is 0 Å². The first kappa shape index (κ1) is 25.8. The van der Waals surface area contributed by atoms with Crippen molar-refractivity contribution in [1.29, 1.82) is 0 Å². The molecular formula is C22H50N4. The molecule has 0 aliphatic rings. The van der Waals surface area contributed by atoms with Gasteiger partial charge in [0.2, 0.25) is 0 Å².